The molecule has 82 valence electrons. The number of aliphatic hydroxyl groups is 1. The van der Waals surface area contributed by atoms with Crippen LogP contribution in [0.5, 0.6) is 0 Å². The van der Waals surface area contributed by atoms with Gasteiger partial charge in [-0.3, -0.25) is 0 Å². The lowest BCUT2D eigenvalue weighted by atomic mass is 9.75. The first-order chi connectivity index (χ1) is 6.58. The molecule has 2 fully saturated rings. The molecular weight excluding hydrogens is 204 g/mol. The van der Waals surface area contributed by atoms with Crippen molar-refractivity contribution in [2.24, 2.45) is 11.3 Å². The second-order valence-corrected chi connectivity index (χ2v) is 6.65. The predicted octanol–water partition coefficient (Wildman–Crippen LogP) is -0.180. The molecule has 2 aliphatic heterocycles. The molecule has 0 amide bonds. The van der Waals surface area contributed by atoms with E-state index < -0.39 is 9.84 Å². The summed E-state index contributed by atoms with van der Waals surface area (Å²) >= 11 is 0. The zero-order valence-corrected chi connectivity index (χ0v) is 8.92. The van der Waals surface area contributed by atoms with Crippen molar-refractivity contribution in [3.8, 4) is 0 Å². The Morgan fingerprint density at radius 3 is 2.71 bits per heavy atom. The van der Waals surface area contributed by atoms with Crippen LogP contribution in [0.2, 0.25) is 0 Å². The van der Waals surface area contributed by atoms with E-state index in [4.69, 9.17) is 4.74 Å². The number of hydrogen-bond donors (Lipinski definition) is 1. The predicted molar refractivity (Wildman–Crippen MR) is 51.7 cm³/mol. The van der Waals surface area contributed by atoms with Gasteiger partial charge in [0, 0.05) is 12.0 Å². The lowest BCUT2D eigenvalue weighted by molar-refractivity contribution is 0.0528. The van der Waals surface area contributed by atoms with E-state index in [0.29, 0.717) is 19.6 Å². The highest BCUT2D eigenvalue weighted by Crippen LogP contribution is 2.41. The van der Waals surface area contributed by atoms with E-state index in [-0.39, 0.29) is 29.4 Å². The molecule has 2 rings (SSSR count). The fourth-order valence-corrected chi connectivity index (χ4v) is 4.42. The average molecular weight is 220 g/mol. The van der Waals surface area contributed by atoms with Crippen LogP contribution in [0.15, 0.2) is 0 Å². The molecule has 0 bridgehead atoms. The van der Waals surface area contributed by atoms with E-state index in [2.05, 4.69) is 0 Å². The SMILES string of the molecule is O=S1(=O)CCC(C2(CO)CCOC2)C1. The van der Waals surface area contributed by atoms with Crippen LogP contribution in [0.3, 0.4) is 0 Å². The van der Waals surface area contributed by atoms with Gasteiger partial charge in [0.1, 0.15) is 0 Å². The third kappa shape index (κ3) is 1.68. The first kappa shape index (κ1) is 10.4. The van der Waals surface area contributed by atoms with Gasteiger partial charge in [0.2, 0.25) is 0 Å². The lowest BCUT2D eigenvalue weighted by Crippen LogP contribution is -2.35. The van der Waals surface area contributed by atoms with Gasteiger partial charge in [-0.25, -0.2) is 8.42 Å². The van der Waals surface area contributed by atoms with Gasteiger partial charge in [0.15, 0.2) is 9.84 Å². The van der Waals surface area contributed by atoms with Crippen molar-refractivity contribution < 1.29 is 18.3 Å². The molecule has 0 aliphatic carbocycles. The molecule has 0 radical (unpaired) electrons. The average Bonchev–Trinajstić information content (AvgIpc) is 2.72. The van der Waals surface area contributed by atoms with Crippen LogP contribution in [0, 0.1) is 11.3 Å². The van der Waals surface area contributed by atoms with Crippen LogP contribution in [0.25, 0.3) is 0 Å². The van der Waals surface area contributed by atoms with E-state index in [1.807, 2.05) is 0 Å². The van der Waals surface area contributed by atoms with E-state index in [1.54, 1.807) is 0 Å². The van der Waals surface area contributed by atoms with Crippen molar-refractivity contribution in [2.75, 3.05) is 31.3 Å². The Hall–Kier alpha value is -0.130. The molecule has 0 aromatic rings. The molecule has 2 saturated heterocycles. The first-order valence-electron chi connectivity index (χ1n) is 4.97. The topological polar surface area (TPSA) is 63.6 Å². The molecule has 5 heteroatoms. The maximum Gasteiger partial charge on any atom is 0.150 e. The summed E-state index contributed by atoms with van der Waals surface area (Å²) in [5.41, 5.74) is -0.274. The molecule has 14 heavy (non-hydrogen) atoms. The molecule has 2 unspecified atom stereocenters. The first-order valence-corrected chi connectivity index (χ1v) is 6.79. The van der Waals surface area contributed by atoms with Gasteiger partial charge in [0.05, 0.1) is 24.7 Å². The maximum atomic E-state index is 11.3. The lowest BCUT2D eigenvalue weighted by Gasteiger charge is -2.30. The summed E-state index contributed by atoms with van der Waals surface area (Å²) in [7, 11) is -2.85. The second-order valence-electron chi connectivity index (χ2n) is 4.42. The quantitative estimate of drug-likeness (QED) is 0.701. The highest BCUT2D eigenvalue weighted by atomic mass is 32.2. The van der Waals surface area contributed by atoms with Gasteiger partial charge in [-0.15, -0.1) is 0 Å². The number of hydrogen-bond acceptors (Lipinski definition) is 4. The van der Waals surface area contributed by atoms with Crippen LogP contribution < -0.4 is 0 Å². The fourth-order valence-electron chi connectivity index (χ4n) is 2.48. The molecule has 1 N–H and O–H groups in total. The molecule has 4 nitrogen and oxygen atoms in total. The molecule has 0 saturated carbocycles. The second kappa shape index (κ2) is 3.47. The zero-order valence-electron chi connectivity index (χ0n) is 8.11. The summed E-state index contributed by atoms with van der Waals surface area (Å²) in [6.45, 7) is 1.22. The molecule has 2 heterocycles. The van der Waals surface area contributed by atoms with Gasteiger partial charge in [0.25, 0.3) is 0 Å². The smallest absolute Gasteiger partial charge is 0.150 e. The summed E-state index contributed by atoms with van der Waals surface area (Å²) in [5.74, 6) is 0.607. The minimum absolute atomic E-state index is 0.0488. The third-order valence-electron chi connectivity index (χ3n) is 3.55. The Labute approximate surface area is 84.2 Å². The Morgan fingerprint density at radius 1 is 1.50 bits per heavy atom. The van der Waals surface area contributed by atoms with Crippen molar-refractivity contribution in [3.63, 3.8) is 0 Å². The molecule has 0 aromatic carbocycles. The van der Waals surface area contributed by atoms with E-state index in [9.17, 15) is 13.5 Å². The van der Waals surface area contributed by atoms with Crippen LogP contribution in [0.4, 0.5) is 0 Å². The molecule has 2 aliphatic rings. The van der Waals surface area contributed by atoms with Crippen molar-refractivity contribution in [2.45, 2.75) is 12.8 Å². The highest BCUT2D eigenvalue weighted by Gasteiger charge is 2.46. The van der Waals surface area contributed by atoms with Gasteiger partial charge >= 0.3 is 0 Å². The summed E-state index contributed by atoms with van der Waals surface area (Å²) in [4.78, 5) is 0. The van der Waals surface area contributed by atoms with Crippen molar-refractivity contribution in [1.82, 2.24) is 0 Å². The summed E-state index contributed by atoms with van der Waals surface area (Å²) in [5, 5.41) is 9.37. The molecular formula is C9H16O4S. The number of ether oxygens (including phenoxy) is 1. The van der Waals surface area contributed by atoms with Gasteiger partial charge < -0.3 is 9.84 Å². The van der Waals surface area contributed by atoms with E-state index >= 15 is 0 Å². The van der Waals surface area contributed by atoms with Crippen LogP contribution in [0.1, 0.15) is 12.8 Å². The summed E-state index contributed by atoms with van der Waals surface area (Å²) in [6.07, 6.45) is 1.48. The van der Waals surface area contributed by atoms with Crippen LogP contribution >= 0.6 is 0 Å². The van der Waals surface area contributed by atoms with Gasteiger partial charge in [-0.05, 0) is 18.8 Å². The number of rotatable bonds is 2. The van der Waals surface area contributed by atoms with Gasteiger partial charge in [-0.1, -0.05) is 0 Å². The Morgan fingerprint density at radius 2 is 2.29 bits per heavy atom. The minimum Gasteiger partial charge on any atom is -0.396 e. The molecule has 0 spiro atoms. The van der Waals surface area contributed by atoms with Crippen molar-refractivity contribution in [1.29, 1.82) is 0 Å². The third-order valence-corrected chi connectivity index (χ3v) is 5.32. The van der Waals surface area contributed by atoms with Gasteiger partial charge in [-0.2, -0.15) is 0 Å². The molecule has 2 atom stereocenters. The number of sulfone groups is 1. The zero-order chi connectivity index (χ0) is 10.2. The highest BCUT2D eigenvalue weighted by molar-refractivity contribution is 7.91. The standard InChI is InChI=1S/C9H16O4S/c10-6-9(2-3-13-7-9)8-1-4-14(11,12)5-8/h8,10H,1-7H2. The fraction of sp³-hybridized carbons (Fsp3) is 1.00. The van der Waals surface area contributed by atoms with E-state index in [1.165, 1.54) is 0 Å². The maximum absolute atomic E-state index is 11.3. The number of aliphatic hydroxyl groups excluding tert-OH is 1. The van der Waals surface area contributed by atoms with Crippen molar-refractivity contribution in [3.05, 3.63) is 0 Å². The molecule has 0 aromatic heterocycles. The Balaban J connectivity index is 2.14. The van der Waals surface area contributed by atoms with Crippen LogP contribution in [-0.2, 0) is 14.6 Å². The Kier molecular flexibility index (Phi) is 2.57. The van der Waals surface area contributed by atoms with E-state index in [0.717, 1.165) is 6.42 Å². The van der Waals surface area contributed by atoms with Crippen LogP contribution in [-0.4, -0.2) is 44.9 Å². The monoisotopic (exact) mass is 220 g/mol. The minimum atomic E-state index is -2.85. The largest absolute Gasteiger partial charge is 0.396 e. The summed E-state index contributed by atoms with van der Waals surface area (Å²) < 4.78 is 27.9. The normalized spacial score (nSPS) is 41.6. The Bertz CT molecular complexity index is 303. The summed E-state index contributed by atoms with van der Waals surface area (Å²) in [6, 6.07) is 0. The van der Waals surface area contributed by atoms with Crippen molar-refractivity contribution >= 4 is 9.84 Å².